The van der Waals surface area contributed by atoms with E-state index in [1.165, 1.54) is 0 Å². The van der Waals surface area contributed by atoms with E-state index in [2.05, 4.69) is 5.32 Å². The van der Waals surface area contributed by atoms with Crippen molar-refractivity contribution < 1.29 is 13.2 Å². The maximum absolute atomic E-state index is 12.0. The fraction of sp³-hybridized carbons (Fsp3) is 0.538. The lowest BCUT2D eigenvalue weighted by Gasteiger charge is -2.19. The quantitative estimate of drug-likeness (QED) is 0.880. The lowest BCUT2D eigenvalue weighted by atomic mass is 10.1. The second kappa shape index (κ2) is 5.38. The predicted octanol–water partition coefficient (Wildman–Crippen LogP) is 1.53. The Labute approximate surface area is 108 Å². The van der Waals surface area contributed by atoms with E-state index in [1.807, 2.05) is 26.0 Å². The molecule has 2 unspecified atom stereocenters. The smallest absolute Gasteiger partial charge is 0.180 e. The molecule has 4 nitrogen and oxygen atoms in total. The topological polar surface area (TPSA) is 55.4 Å². The van der Waals surface area contributed by atoms with E-state index in [9.17, 15) is 8.42 Å². The van der Waals surface area contributed by atoms with Gasteiger partial charge in [-0.25, -0.2) is 8.42 Å². The fourth-order valence-electron chi connectivity index (χ4n) is 2.27. The molecular weight excluding hydrogens is 250 g/mol. The number of ether oxygens (including phenoxy) is 1. The third-order valence-corrected chi connectivity index (χ3v) is 4.89. The van der Waals surface area contributed by atoms with Gasteiger partial charge < -0.3 is 10.1 Å². The summed E-state index contributed by atoms with van der Waals surface area (Å²) >= 11 is 0. The summed E-state index contributed by atoms with van der Waals surface area (Å²) in [5, 5.41) is 3.32. The Morgan fingerprint density at radius 1 is 1.44 bits per heavy atom. The van der Waals surface area contributed by atoms with Crippen molar-refractivity contribution in [2.45, 2.75) is 30.8 Å². The van der Waals surface area contributed by atoms with Crippen LogP contribution in [0.2, 0.25) is 0 Å². The second-order valence-corrected chi connectivity index (χ2v) is 6.60. The van der Waals surface area contributed by atoms with Crippen LogP contribution in [0.15, 0.2) is 29.2 Å². The first-order valence-corrected chi connectivity index (χ1v) is 7.85. The van der Waals surface area contributed by atoms with Crippen molar-refractivity contribution in [3.8, 4) is 0 Å². The van der Waals surface area contributed by atoms with Gasteiger partial charge in [-0.15, -0.1) is 0 Å². The minimum Gasteiger partial charge on any atom is -0.380 e. The van der Waals surface area contributed by atoms with Gasteiger partial charge in [-0.3, -0.25) is 0 Å². The van der Waals surface area contributed by atoms with Crippen LogP contribution in [-0.4, -0.2) is 33.4 Å². The van der Waals surface area contributed by atoms with Crippen molar-refractivity contribution in [2.24, 2.45) is 0 Å². The Balaban J connectivity index is 2.13. The average Bonchev–Trinajstić information content (AvgIpc) is 2.59. The van der Waals surface area contributed by atoms with E-state index in [1.54, 1.807) is 12.1 Å². The molecule has 0 bridgehead atoms. The van der Waals surface area contributed by atoms with Gasteiger partial charge in [0.05, 0.1) is 17.3 Å². The van der Waals surface area contributed by atoms with Crippen molar-refractivity contribution >= 4 is 9.84 Å². The number of sulfone groups is 1. The summed E-state index contributed by atoms with van der Waals surface area (Å²) < 4.78 is 29.3. The van der Waals surface area contributed by atoms with Gasteiger partial charge in [-0.2, -0.15) is 0 Å². The van der Waals surface area contributed by atoms with Gasteiger partial charge >= 0.3 is 0 Å². The molecule has 1 aliphatic rings. The maximum atomic E-state index is 12.0. The third-order valence-electron chi connectivity index (χ3n) is 3.07. The molecule has 0 radical (unpaired) electrons. The summed E-state index contributed by atoms with van der Waals surface area (Å²) in [5.41, 5.74) is 0.876. The fourth-order valence-corrected chi connectivity index (χ4v) is 4.02. The summed E-state index contributed by atoms with van der Waals surface area (Å²) in [7, 11) is -3.12. The van der Waals surface area contributed by atoms with Crippen LogP contribution < -0.4 is 5.32 Å². The van der Waals surface area contributed by atoms with Gasteiger partial charge in [0, 0.05) is 18.7 Å². The first-order valence-electron chi connectivity index (χ1n) is 6.20. The summed E-state index contributed by atoms with van der Waals surface area (Å²) in [4.78, 5) is 0.464. The second-order valence-electron chi connectivity index (χ2n) is 4.60. The number of rotatable bonds is 5. The van der Waals surface area contributed by atoms with Gasteiger partial charge in [0.1, 0.15) is 0 Å². The van der Waals surface area contributed by atoms with E-state index in [4.69, 9.17) is 4.74 Å². The molecule has 1 heterocycles. The van der Waals surface area contributed by atoms with Crippen LogP contribution in [0.4, 0.5) is 0 Å². The highest BCUT2D eigenvalue weighted by Gasteiger charge is 2.34. The molecule has 5 heteroatoms. The lowest BCUT2D eigenvalue weighted by Crippen LogP contribution is -2.34. The van der Waals surface area contributed by atoms with Crippen molar-refractivity contribution in [1.82, 2.24) is 5.32 Å². The minimum atomic E-state index is -3.12. The zero-order valence-electron chi connectivity index (χ0n) is 10.7. The predicted molar refractivity (Wildman–Crippen MR) is 70.3 cm³/mol. The monoisotopic (exact) mass is 269 g/mol. The van der Waals surface area contributed by atoms with Crippen molar-refractivity contribution in [3.63, 3.8) is 0 Å². The first kappa shape index (κ1) is 13.5. The molecule has 2 atom stereocenters. The van der Waals surface area contributed by atoms with Crippen LogP contribution in [0.25, 0.3) is 0 Å². The molecule has 1 aromatic carbocycles. The molecule has 0 spiro atoms. The number of fused-ring (bicyclic) bond motifs is 1. The number of benzene rings is 1. The molecule has 1 N–H and O–H groups in total. The number of nitrogens with one attached hydrogen (secondary N) is 1. The molecule has 18 heavy (non-hydrogen) atoms. The molecule has 0 saturated heterocycles. The molecular formula is C13H19NO3S. The van der Waals surface area contributed by atoms with E-state index in [0.29, 0.717) is 18.1 Å². The largest absolute Gasteiger partial charge is 0.380 e. The van der Waals surface area contributed by atoms with E-state index in [0.717, 1.165) is 5.56 Å². The highest BCUT2D eigenvalue weighted by molar-refractivity contribution is 7.91. The Hall–Kier alpha value is -0.910. The van der Waals surface area contributed by atoms with E-state index >= 15 is 0 Å². The molecule has 0 aromatic heterocycles. The normalized spacial score (nSPS) is 22.7. The van der Waals surface area contributed by atoms with E-state index in [-0.39, 0.29) is 17.8 Å². The van der Waals surface area contributed by atoms with Crippen LogP contribution in [0.1, 0.15) is 25.5 Å². The van der Waals surface area contributed by atoms with Gasteiger partial charge in [-0.05, 0) is 25.5 Å². The zero-order valence-corrected chi connectivity index (χ0v) is 11.5. The Morgan fingerprint density at radius 2 is 2.17 bits per heavy atom. The Kier molecular flexibility index (Phi) is 4.04. The minimum absolute atomic E-state index is 0.123. The van der Waals surface area contributed by atoms with Crippen LogP contribution in [0.5, 0.6) is 0 Å². The van der Waals surface area contributed by atoms with Crippen LogP contribution >= 0.6 is 0 Å². The van der Waals surface area contributed by atoms with E-state index < -0.39 is 9.84 Å². The summed E-state index contributed by atoms with van der Waals surface area (Å²) in [6.45, 7) is 5.21. The van der Waals surface area contributed by atoms with Gasteiger partial charge in [0.15, 0.2) is 9.84 Å². The van der Waals surface area contributed by atoms with Gasteiger partial charge in [0.2, 0.25) is 0 Å². The highest BCUT2D eigenvalue weighted by atomic mass is 32.2. The molecule has 0 fully saturated rings. The van der Waals surface area contributed by atoms with Gasteiger partial charge in [-0.1, -0.05) is 18.2 Å². The lowest BCUT2D eigenvalue weighted by molar-refractivity contribution is 0.124. The number of hydrogen-bond donors (Lipinski definition) is 1. The molecule has 2 rings (SSSR count). The molecule has 0 saturated carbocycles. The Bertz CT molecular complexity index is 513. The molecule has 100 valence electrons. The van der Waals surface area contributed by atoms with Crippen molar-refractivity contribution in [1.29, 1.82) is 0 Å². The maximum Gasteiger partial charge on any atom is 0.180 e. The van der Waals surface area contributed by atoms with Crippen LogP contribution in [-0.2, 0) is 14.6 Å². The summed E-state index contributed by atoms with van der Waals surface area (Å²) in [5.74, 6) is 0.142. The first-order chi connectivity index (χ1) is 8.54. The molecule has 0 amide bonds. The molecule has 1 aromatic rings. The summed E-state index contributed by atoms with van der Waals surface area (Å²) in [6.07, 6.45) is 0. The summed E-state index contributed by atoms with van der Waals surface area (Å²) in [6, 6.07) is 7.21. The van der Waals surface area contributed by atoms with Crippen LogP contribution in [0.3, 0.4) is 0 Å². The average molecular weight is 269 g/mol. The number of hydrogen-bond acceptors (Lipinski definition) is 4. The highest BCUT2D eigenvalue weighted by Crippen LogP contribution is 2.33. The standard InChI is InChI=1S/C13H19NO3S/c1-3-17-8-10(2)14-12-9-18(15,16)13-7-5-4-6-11(12)13/h4-7,10,12,14H,3,8-9H2,1-2H3. The molecule has 1 aliphatic heterocycles. The molecule has 0 aliphatic carbocycles. The zero-order chi connectivity index (χ0) is 13.2. The van der Waals surface area contributed by atoms with Crippen molar-refractivity contribution in [2.75, 3.05) is 19.0 Å². The SMILES string of the molecule is CCOCC(C)NC1CS(=O)(=O)c2ccccc21. The van der Waals surface area contributed by atoms with Crippen LogP contribution in [0, 0.1) is 0 Å². The third kappa shape index (κ3) is 2.74. The Morgan fingerprint density at radius 3 is 2.89 bits per heavy atom. The van der Waals surface area contributed by atoms with Crippen molar-refractivity contribution in [3.05, 3.63) is 29.8 Å². The van der Waals surface area contributed by atoms with Gasteiger partial charge in [0.25, 0.3) is 0 Å².